The van der Waals surface area contributed by atoms with E-state index in [0.717, 1.165) is 46.5 Å². The molecule has 0 unspecified atom stereocenters. The van der Waals surface area contributed by atoms with Crippen molar-refractivity contribution in [1.82, 2.24) is 14.7 Å². The van der Waals surface area contributed by atoms with Gasteiger partial charge in [-0.1, -0.05) is 43.7 Å². The summed E-state index contributed by atoms with van der Waals surface area (Å²) in [5.41, 5.74) is 3.73. The molecule has 2 aliphatic rings. The lowest BCUT2D eigenvalue weighted by molar-refractivity contribution is -0.113. The van der Waals surface area contributed by atoms with Crippen LogP contribution in [0.25, 0.3) is 23.0 Å². The van der Waals surface area contributed by atoms with Gasteiger partial charge in [0.2, 0.25) is 0 Å². The Morgan fingerprint density at radius 3 is 2.51 bits per heavy atom. The van der Waals surface area contributed by atoms with Crippen LogP contribution >= 0.6 is 23.5 Å². The van der Waals surface area contributed by atoms with E-state index in [1.165, 1.54) is 29.5 Å². The van der Waals surface area contributed by atoms with Crippen LogP contribution in [0.15, 0.2) is 75.6 Å². The first-order valence-electron chi connectivity index (χ1n) is 12.8. The van der Waals surface area contributed by atoms with Gasteiger partial charge in [0.05, 0.1) is 28.5 Å². The van der Waals surface area contributed by atoms with E-state index in [1.807, 2.05) is 59.0 Å². The predicted octanol–water partition coefficient (Wildman–Crippen LogP) is 6.51. The zero-order valence-electron chi connectivity index (χ0n) is 21.5. The number of unbranched alkanes of at least 4 members (excludes halogenated alkanes) is 1. The van der Waals surface area contributed by atoms with Crippen molar-refractivity contribution in [2.45, 2.75) is 50.7 Å². The Morgan fingerprint density at radius 2 is 1.81 bits per heavy atom. The Balaban J connectivity index is 1.44. The van der Waals surface area contributed by atoms with Crippen LogP contribution in [-0.2, 0) is 9.53 Å². The average Bonchev–Trinajstić information content (AvgIpc) is 3.48. The number of amidine groups is 1. The molecule has 0 spiro atoms. The number of aliphatic imine (C=N–C) groups is 1. The van der Waals surface area contributed by atoms with Crippen molar-refractivity contribution >= 4 is 40.7 Å². The largest absolute Gasteiger partial charge is 0.372 e. The molecule has 37 heavy (non-hydrogen) atoms. The minimum absolute atomic E-state index is 0.106. The summed E-state index contributed by atoms with van der Waals surface area (Å²) >= 11 is 3.32. The van der Waals surface area contributed by atoms with E-state index in [2.05, 4.69) is 54.9 Å². The van der Waals surface area contributed by atoms with Crippen LogP contribution in [0.4, 0.5) is 0 Å². The number of amides is 1. The summed E-state index contributed by atoms with van der Waals surface area (Å²) in [5, 5.41) is 5.69. The van der Waals surface area contributed by atoms with E-state index >= 15 is 0 Å². The molecule has 2 aliphatic heterocycles. The van der Waals surface area contributed by atoms with Gasteiger partial charge < -0.3 is 9.64 Å². The SMILES string of the molecule is CCCCSc1ccc(-c2nn(-c3ccccc3)cc2/C=C2\SC(N3C[C@H](C)O[C@@H](C)C3)=NC2=O)cc1. The molecule has 2 atom stereocenters. The molecule has 1 amide bonds. The smallest absolute Gasteiger partial charge is 0.286 e. The molecule has 2 aromatic carbocycles. The van der Waals surface area contributed by atoms with E-state index in [1.54, 1.807) is 0 Å². The molecule has 0 N–H and O–H groups in total. The molecule has 5 rings (SSSR count). The van der Waals surface area contributed by atoms with Crippen LogP contribution < -0.4 is 0 Å². The second-order valence-corrected chi connectivity index (χ2v) is 11.6. The minimum Gasteiger partial charge on any atom is -0.372 e. The van der Waals surface area contributed by atoms with Gasteiger partial charge in [-0.05, 0) is 68.1 Å². The second-order valence-electron chi connectivity index (χ2n) is 9.41. The standard InChI is InChI=1S/C29H32N4O2S2/c1-4-5-15-36-25-13-11-22(12-14-25)27-23(19-33(31-27)24-9-7-6-8-10-24)16-26-28(34)30-29(37-26)32-17-20(2)35-21(3)18-32/h6-14,16,19-21H,4-5,15,17-18H2,1-3H3/b26-16-/t20-,21-/m0/s1. The number of nitrogens with zero attached hydrogens (tertiary/aromatic N) is 4. The fourth-order valence-electron chi connectivity index (χ4n) is 4.48. The van der Waals surface area contributed by atoms with Crippen molar-refractivity contribution in [3.63, 3.8) is 0 Å². The van der Waals surface area contributed by atoms with Crippen molar-refractivity contribution in [1.29, 1.82) is 0 Å². The van der Waals surface area contributed by atoms with Crippen LogP contribution in [0.5, 0.6) is 0 Å². The number of ether oxygens (including phenoxy) is 1. The van der Waals surface area contributed by atoms with Gasteiger partial charge in [-0.3, -0.25) is 4.79 Å². The lowest BCUT2D eigenvalue weighted by Gasteiger charge is -2.35. The normalized spacial score (nSPS) is 21.1. The van der Waals surface area contributed by atoms with E-state index in [4.69, 9.17) is 9.84 Å². The van der Waals surface area contributed by atoms with Gasteiger partial charge in [0, 0.05) is 35.3 Å². The van der Waals surface area contributed by atoms with Crippen molar-refractivity contribution in [2.75, 3.05) is 18.8 Å². The molecule has 3 aromatic rings. The molecular formula is C29H32N4O2S2. The number of hydrogen-bond donors (Lipinski definition) is 0. The number of morpholine rings is 1. The van der Waals surface area contributed by atoms with Gasteiger partial charge in [-0.2, -0.15) is 10.1 Å². The third-order valence-corrected chi connectivity index (χ3v) is 8.39. The summed E-state index contributed by atoms with van der Waals surface area (Å²) in [7, 11) is 0. The number of para-hydroxylation sites is 1. The number of carbonyl (C=O) groups excluding carboxylic acids is 1. The maximum atomic E-state index is 12.9. The Hall–Kier alpha value is -2.81. The lowest BCUT2D eigenvalue weighted by Crippen LogP contribution is -2.47. The van der Waals surface area contributed by atoms with Gasteiger partial charge in [-0.15, -0.1) is 11.8 Å². The van der Waals surface area contributed by atoms with E-state index in [9.17, 15) is 4.79 Å². The predicted molar refractivity (Wildman–Crippen MR) is 154 cm³/mol. The van der Waals surface area contributed by atoms with Crippen LogP contribution in [-0.4, -0.2) is 56.8 Å². The maximum absolute atomic E-state index is 12.9. The molecular weight excluding hydrogens is 500 g/mol. The van der Waals surface area contributed by atoms with Crippen molar-refractivity contribution in [3.05, 3.63) is 71.3 Å². The molecule has 0 radical (unpaired) electrons. The van der Waals surface area contributed by atoms with Gasteiger partial charge >= 0.3 is 0 Å². The van der Waals surface area contributed by atoms with Crippen LogP contribution in [0.2, 0.25) is 0 Å². The molecule has 6 nitrogen and oxygen atoms in total. The van der Waals surface area contributed by atoms with Gasteiger partial charge in [0.15, 0.2) is 5.17 Å². The van der Waals surface area contributed by atoms with Crippen LogP contribution in [0.1, 0.15) is 39.2 Å². The molecule has 0 bridgehead atoms. The summed E-state index contributed by atoms with van der Waals surface area (Å²) in [6.45, 7) is 7.79. The lowest BCUT2D eigenvalue weighted by atomic mass is 10.1. The number of carbonyl (C=O) groups is 1. The Kier molecular flexibility index (Phi) is 8.17. The number of aromatic nitrogens is 2. The highest BCUT2D eigenvalue weighted by Crippen LogP contribution is 2.34. The first-order valence-corrected chi connectivity index (χ1v) is 14.6. The second kappa shape index (κ2) is 11.7. The topological polar surface area (TPSA) is 59.7 Å². The number of hydrogen-bond acceptors (Lipinski definition) is 6. The van der Waals surface area contributed by atoms with Gasteiger partial charge in [0.25, 0.3) is 5.91 Å². The first-order chi connectivity index (χ1) is 18.0. The summed E-state index contributed by atoms with van der Waals surface area (Å²) in [4.78, 5) is 21.3. The summed E-state index contributed by atoms with van der Waals surface area (Å²) < 4.78 is 7.73. The highest BCUT2D eigenvalue weighted by atomic mass is 32.2. The zero-order chi connectivity index (χ0) is 25.8. The van der Waals surface area contributed by atoms with Crippen LogP contribution in [0, 0.1) is 0 Å². The molecule has 0 aliphatic carbocycles. The molecule has 8 heteroatoms. The number of rotatable bonds is 7. The van der Waals surface area contributed by atoms with Gasteiger partial charge in [0.1, 0.15) is 0 Å². The molecule has 192 valence electrons. The first kappa shape index (κ1) is 25.8. The summed E-state index contributed by atoms with van der Waals surface area (Å²) in [6.07, 6.45) is 6.55. The van der Waals surface area contributed by atoms with Crippen LogP contribution in [0.3, 0.4) is 0 Å². The van der Waals surface area contributed by atoms with Crippen molar-refractivity contribution in [2.24, 2.45) is 4.99 Å². The van der Waals surface area contributed by atoms with Gasteiger partial charge in [-0.25, -0.2) is 4.68 Å². The summed E-state index contributed by atoms with van der Waals surface area (Å²) in [5.74, 6) is 0.922. The third-order valence-electron chi connectivity index (χ3n) is 6.24. The van der Waals surface area contributed by atoms with Crippen molar-refractivity contribution in [3.8, 4) is 16.9 Å². The molecule has 3 heterocycles. The van der Waals surface area contributed by atoms with Crippen molar-refractivity contribution < 1.29 is 9.53 Å². The monoisotopic (exact) mass is 532 g/mol. The average molecular weight is 533 g/mol. The fraction of sp³-hybridized carbons (Fsp3) is 0.345. The minimum atomic E-state index is -0.201. The zero-order valence-corrected chi connectivity index (χ0v) is 23.1. The summed E-state index contributed by atoms with van der Waals surface area (Å²) in [6, 6.07) is 18.6. The fourth-order valence-corrected chi connectivity index (χ4v) is 6.40. The quantitative estimate of drug-likeness (QED) is 0.196. The Labute approximate surface area is 227 Å². The highest BCUT2D eigenvalue weighted by molar-refractivity contribution is 8.18. The Bertz CT molecular complexity index is 1290. The maximum Gasteiger partial charge on any atom is 0.286 e. The van der Waals surface area contributed by atoms with E-state index < -0.39 is 0 Å². The molecule has 0 saturated carbocycles. The molecule has 1 saturated heterocycles. The number of benzene rings is 2. The Morgan fingerprint density at radius 1 is 1.08 bits per heavy atom. The molecule has 1 fully saturated rings. The molecule has 1 aromatic heterocycles. The third kappa shape index (κ3) is 6.20. The highest BCUT2D eigenvalue weighted by Gasteiger charge is 2.31. The van der Waals surface area contributed by atoms with E-state index in [0.29, 0.717) is 4.91 Å². The van der Waals surface area contributed by atoms with E-state index in [-0.39, 0.29) is 18.1 Å². The number of thioether (sulfide) groups is 2.